The average Bonchev–Trinajstić information content (AvgIpc) is 2.36. The lowest BCUT2D eigenvalue weighted by Gasteiger charge is -2.22. The molecule has 1 aromatic rings. The minimum absolute atomic E-state index is 0.0797. The van der Waals surface area contributed by atoms with Crippen LogP contribution in [0.5, 0.6) is 0 Å². The molecule has 0 aliphatic carbocycles. The molecule has 0 radical (unpaired) electrons. The number of hydrogen-bond acceptors (Lipinski definition) is 3. The Morgan fingerprint density at radius 2 is 2.11 bits per heavy atom. The lowest BCUT2D eigenvalue weighted by atomic mass is 9.93. The Labute approximate surface area is 115 Å². The second-order valence-electron chi connectivity index (χ2n) is 5.45. The van der Waals surface area contributed by atoms with Gasteiger partial charge in [0.05, 0.1) is 0 Å². The molecule has 1 aromatic heterocycles. The molecule has 104 valence electrons. The molecule has 0 bridgehead atoms. The van der Waals surface area contributed by atoms with Gasteiger partial charge in [-0.25, -0.2) is 4.98 Å². The van der Waals surface area contributed by atoms with Crippen LogP contribution in [0.2, 0.25) is 0 Å². The number of aromatic nitrogens is 1. The van der Waals surface area contributed by atoms with Crippen molar-refractivity contribution in [1.29, 1.82) is 0 Å². The third-order valence-electron chi connectivity index (χ3n) is 3.60. The highest BCUT2D eigenvalue weighted by atomic mass is 16.1. The fraction of sp³-hybridized carbons (Fsp3) is 0.600. The van der Waals surface area contributed by atoms with Gasteiger partial charge in [0, 0.05) is 12.1 Å². The van der Waals surface area contributed by atoms with E-state index in [9.17, 15) is 4.79 Å². The molecule has 0 atom stereocenters. The van der Waals surface area contributed by atoms with E-state index >= 15 is 0 Å². The van der Waals surface area contributed by atoms with Gasteiger partial charge in [0.15, 0.2) is 0 Å². The van der Waals surface area contributed by atoms with Crippen LogP contribution in [0.4, 0.5) is 5.82 Å². The molecule has 1 saturated heterocycles. The number of piperidine rings is 1. The standard InChI is InChI=1S/C15H23N3O/c1-11-9-12(2)17-14(10-11)18-15(19)4-3-13-5-7-16-8-6-13/h9-10,13,16H,3-8H2,1-2H3,(H,17,18,19). The third-order valence-corrected chi connectivity index (χ3v) is 3.60. The first kappa shape index (κ1) is 14.0. The van der Waals surface area contributed by atoms with Crippen molar-refractivity contribution in [2.75, 3.05) is 18.4 Å². The van der Waals surface area contributed by atoms with Crippen molar-refractivity contribution in [3.8, 4) is 0 Å². The maximum atomic E-state index is 11.9. The van der Waals surface area contributed by atoms with Crippen LogP contribution in [0.15, 0.2) is 12.1 Å². The van der Waals surface area contributed by atoms with Gasteiger partial charge in [-0.3, -0.25) is 4.79 Å². The Hall–Kier alpha value is -1.42. The summed E-state index contributed by atoms with van der Waals surface area (Å²) in [6.45, 7) is 6.13. The minimum Gasteiger partial charge on any atom is -0.317 e. The Bertz CT molecular complexity index is 419. The van der Waals surface area contributed by atoms with Crippen molar-refractivity contribution in [2.45, 2.75) is 39.5 Å². The van der Waals surface area contributed by atoms with Crippen molar-refractivity contribution in [2.24, 2.45) is 5.92 Å². The van der Waals surface area contributed by atoms with Crippen LogP contribution in [-0.2, 0) is 4.79 Å². The highest BCUT2D eigenvalue weighted by Crippen LogP contribution is 2.18. The first-order chi connectivity index (χ1) is 9.13. The van der Waals surface area contributed by atoms with Crippen molar-refractivity contribution in [3.05, 3.63) is 23.4 Å². The molecule has 1 aliphatic heterocycles. The molecule has 19 heavy (non-hydrogen) atoms. The molecule has 0 spiro atoms. The number of aryl methyl sites for hydroxylation is 2. The molecular weight excluding hydrogens is 238 g/mol. The van der Waals surface area contributed by atoms with Crippen LogP contribution in [-0.4, -0.2) is 24.0 Å². The quantitative estimate of drug-likeness (QED) is 0.875. The van der Waals surface area contributed by atoms with Gasteiger partial charge in [0.25, 0.3) is 0 Å². The minimum atomic E-state index is 0.0797. The molecule has 4 nitrogen and oxygen atoms in total. The summed E-state index contributed by atoms with van der Waals surface area (Å²) in [5, 5.41) is 6.24. The largest absolute Gasteiger partial charge is 0.317 e. The Kier molecular flexibility index (Phi) is 4.91. The van der Waals surface area contributed by atoms with Gasteiger partial charge in [0.2, 0.25) is 5.91 Å². The van der Waals surface area contributed by atoms with Crippen LogP contribution < -0.4 is 10.6 Å². The topological polar surface area (TPSA) is 54.0 Å². The van der Waals surface area contributed by atoms with Gasteiger partial charge in [0.1, 0.15) is 5.82 Å². The number of pyridine rings is 1. The normalized spacial score (nSPS) is 16.3. The first-order valence-electron chi connectivity index (χ1n) is 7.09. The van der Waals surface area contributed by atoms with E-state index in [1.807, 2.05) is 26.0 Å². The molecule has 0 unspecified atom stereocenters. The van der Waals surface area contributed by atoms with Crippen molar-refractivity contribution < 1.29 is 4.79 Å². The molecule has 1 aliphatic rings. The molecule has 2 heterocycles. The molecule has 1 amide bonds. The summed E-state index contributed by atoms with van der Waals surface area (Å²) in [5.74, 6) is 1.45. The molecule has 0 saturated carbocycles. The van der Waals surface area contributed by atoms with Crippen molar-refractivity contribution in [3.63, 3.8) is 0 Å². The summed E-state index contributed by atoms with van der Waals surface area (Å²) < 4.78 is 0. The maximum Gasteiger partial charge on any atom is 0.225 e. The van der Waals surface area contributed by atoms with E-state index in [1.165, 1.54) is 12.8 Å². The van der Waals surface area contributed by atoms with Crippen molar-refractivity contribution >= 4 is 11.7 Å². The van der Waals surface area contributed by atoms with Crippen LogP contribution in [0.3, 0.4) is 0 Å². The summed E-state index contributed by atoms with van der Waals surface area (Å²) in [6.07, 6.45) is 3.96. The second-order valence-corrected chi connectivity index (χ2v) is 5.45. The first-order valence-corrected chi connectivity index (χ1v) is 7.09. The zero-order chi connectivity index (χ0) is 13.7. The lowest BCUT2D eigenvalue weighted by Crippen LogP contribution is -2.28. The van der Waals surface area contributed by atoms with Gasteiger partial charge in [-0.15, -0.1) is 0 Å². The van der Waals surface area contributed by atoms with E-state index < -0.39 is 0 Å². The average molecular weight is 261 g/mol. The molecular formula is C15H23N3O. The van der Waals surface area contributed by atoms with E-state index in [1.54, 1.807) is 0 Å². The number of rotatable bonds is 4. The number of nitrogens with one attached hydrogen (secondary N) is 2. The summed E-state index contributed by atoms with van der Waals surface area (Å²) in [6, 6.07) is 3.92. The van der Waals surface area contributed by atoms with Gasteiger partial charge in [-0.1, -0.05) is 0 Å². The Morgan fingerprint density at radius 1 is 1.37 bits per heavy atom. The number of carbonyl (C=O) groups is 1. The van der Waals surface area contributed by atoms with Crippen LogP contribution in [0.1, 0.15) is 36.9 Å². The molecule has 4 heteroatoms. The highest BCUT2D eigenvalue weighted by molar-refractivity contribution is 5.89. The van der Waals surface area contributed by atoms with E-state index in [-0.39, 0.29) is 5.91 Å². The third kappa shape index (κ3) is 4.63. The Morgan fingerprint density at radius 3 is 2.79 bits per heavy atom. The smallest absolute Gasteiger partial charge is 0.225 e. The Balaban J connectivity index is 1.80. The van der Waals surface area contributed by atoms with Gasteiger partial charge in [-0.05, 0) is 69.8 Å². The zero-order valence-corrected chi connectivity index (χ0v) is 11.8. The predicted octanol–water partition coefficient (Wildman–Crippen LogP) is 2.42. The van der Waals surface area contributed by atoms with E-state index in [0.29, 0.717) is 18.2 Å². The fourth-order valence-electron chi connectivity index (χ4n) is 2.62. The zero-order valence-electron chi connectivity index (χ0n) is 11.8. The van der Waals surface area contributed by atoms with Gasteiger partial charge in [-0.2, -0.15) is 0 Å². The fourth-order valence-corrected chi connectivity index (χ4v) is 2.62. The summed E-state index contributed by atoms with van der Waals surface area (Å²) in [7, 11) is 0. The van der Waals surface area contributed by atoms with E-state index in [2.05, 4.69) is 15.6 Å². The van der Waals surface area contributed by atoms with E-state index in [0.717, 1.165) is 30.8 Å². The number of hydrogen-bond donors (Lipinski definition) is 2. The van der Waals surface area contributed by atoms with Crippen LogP contribution in [0.25, 0.3) is 0 Å². The monoisotopic (exact) mass is 261 g/mol. The summed E-state index contributed by atoms with van der Waals surface area (Å²) in [5.41, 5.74) is 2.06. The predicted molar refractivity (Wildman–Crippen MR) is 77.2 cm³/mol. The summed E-state index contributed by atoms with van der Waals surface area (Å²) in [4.78, 5) is 16.2. The van der Waals surface area contributed by atoms with Crippen LogP contribution in [0, 0.1) is 19.8 Å². The highest BCUT2D eigenvalue weighted by Gasteiger charge is 2.14. The van der Waals surface area contributed by atoms with Gasteiger partial charge < -0.3 is 10.6 Å². The number of nitrogens with zero attached hydrogens (tertiary/aromatic N) is 1. The lowest BCUT2D eigenvalue weighted by molar-refractivity contribution is -0.116. The number of amides is 1. The second kappa shape index (κ2) is 6.66. The van der Waals surface area contributed by atoms with Crippen molar-refractivity contribution in [1.82, 2.24) is 10.3 Å². The number of carbonyl (C=O) groups excluding carboxylic acids is 1. The number of anilines is 1. The molecule has 2 N–H and O–H groups in total. The maximum absolute atomic E-state index is 11.9. The van der Waals surface area contributed by atoms with Crippen LogP contribution >= 0.6 is 0 Å². The molecule has 2 rings (SSSR count). The molecule has 1 fully saturated rings. The molecule has 0 aromatic carbocycles. The van der Waals surface area contributed by atoms with Gasteiger partial charge >= 0.3 is 0 Å². The summed E-state index contributed by atoms with van der Waals surface area (Å²) >= 11 is 0. The van der Waals surface area contributed by atoms with E-state index in [4.69, 9.17) is 0 Å². The SMILES string of the molecule is Cc1cc(C)nc(NC(=O)CCC2CCNCC2)c1.